The number of nitriles is 1. The highest BCUT2D eigenvalue weighted by atomic mass is 79.9. The van der Waals surface area contributed by atoms with Crippen molar-refractivity contribution < 1.29 is 22.9 Å². The minimum atomic E-state index is -4.95. The van der Waals surface area contributed by atoms with Gasteiger partial charge in [-0.3, -0.25) is 14.9 Å². The Hall–Kier alpha value is -1.95. The number of hydrogen-bond donors (Lipinski definition) is 0. The molecule has 0 N–H and O–H groups in total. The van der Waals surface area contributed by atoms with E-state index < -0.39 is 44.6 Å². The van der Waals surface area contributed by atoms with E-state index in [2.05, 4.69) is 15.9 Å². The first kappa shape index (κ1) is 15.1. The third-order valence-electron chi connectivity index (χ3n) is 2.16. The SMILES string of the molecule is N#Cc1cc([N+](=O)[O-])cc(C(=O)CBr)c1C(F)(F)F. The fraction of sp³-hybridized carbons (Fsp3) is 0.200. The van der Waals surface area contributed by atoms with Gasteiger partial charge in [0.25, 0.3) is 5.69 Å². The first-order valence-corrected chi connectivity index (χ1v) is 5.73. The number of non-ortho nitro benzene ring substituents is 1. The number of benzene rings is 1. The van der Waals surface area contributed by atoms with Gasteiger partial charge in [-0.25, -0.2) is 0 Å². The number of carbonyl (C=O) groups excluding carboxylic acids is 1. The summed E-state index contributed by atoms with van der Waals surface area (Å²) < 4.78 is 38.5. The zero-order valence-corrected chi connectivity index (χ0v) is 10.6. The fourth-order valence-electron chi connectivity index (χ4n) is 1.42. The zero-order chi connectivity index (χ0) is 14.8. The molecule has 0 aliphatic heterocycles. The lowest BCUT2D eigenvalue weighted by atomic mass is 9.97. The summed E-state index contributed by atoms with van der Waals surface area (Å²) in [6, 6.07) is 2.24. The Labute approximate surface area is 112 Å². The maximum atomic E-state index is 12.8. The van der Waals surface area contributed by atoms with Gasteiger partial charge in [-0.2, -0.15) is 18.4 Å². The van der Waals surface area contributed by atoms with E-state index in [4.69, 9.17) is 5.26 Å². The summed E-state index contributed by atoms with van der Waals surface area (Å²) in [6.07, 6.45) is -4.95. The van der Waals surface area contributed by atoms with Crippen LogP contribution in [0.5, 0.6) is 0 Å². The Morgan fingerprint density at radius 2 is 2.05 bits per heavy atom. The maximum Gasteiger partial charge on any atom is 0.418 e. The van der Waals surface area contributed by atoms with E-state index in [9.17, 15) is 28.1 Å². The molecule has 0 saturated carbocycles. The molecular formula is C10H4BrF3N2O3. The lowest BCUT2D eigenvalue weighted by Crippen LogP contribution is -2.16. The van der Waals surface area contributed by atoms with E-state index in [1.54, 1.807) is 0 Å². The van der Waals surface area contributed by atoms with Gasteiger partial charge in [-0.15, -0.1) is 0 Å². The number of rotatable bonds is 3. The number of ketones is 1. The van der Waals surface area contributed by atoms with Crippen LogP contribution >= 0.6 is 15.9 Å². The van der Waals surface area contributed by atoms with Gasteiger partial charge >= 0.3 is 6.18 Å². The summed E-state index contributed by atoms with van der Waals surface area (Å²) in [4.78, 5) is 21.1. The quantitative estimate of drug-likeness (QED) is 0.367. The van der Waals surface area contributed by atoms with E-state index in [0.29, 0.717) is 12.1 Å². The van der Waals surface area contributed by atoms with Gasteiger partial charge in [0.15, 0.2) is 5.78 Å². The van der Waals surface area contributed by atoms with Gasteiger partial charge in [0.05, 0.1) is 21.4 Å². The molecule has 0 aliphatic rings. The van der Waals surface area contributed by atoms with Crippen LogP contribution in [0.25, 0.3) is 0 Å². The van der Waals surface area contributed by atoms with Crippen molar-refractivity contribution in [2.45, 2.75) is 6.18 Å². The van der Waals surface area contributed by atoms with Gasteiger partial charge in [-0.05, 0) is 0 Å². The average Bonchev–Trinajstić information content (AvgIpc) is 2.34. The summed E-state index contributed by atoms with van der Waals surface area (Å²) in [5, 5.41) is 18.8. The van der Waals surface area contributed by atoms with Crippen LogP contribution in [-0.2, 0) is 6.18 Å². The highest BCUT2D eigenvalue weighted by Crippen LogP contribution is 2.37. The molecule has 0 aromatic heterocycles. The van der Waals surface area contributed by atoms with E-state index in [0.717, 1.165) is 0 Å². The van der Waals surface area contributed by atoms with Crippen molar-refractivity contribution in [3.8, 4) is 6.07 Å². The van der Waals surface area contributed by atoms with Crippen LogP contribution in [-0.4, -0.2) is 16.0 Å². The number of hydrogen-bond acceptors (Lipinski definition) is 4. The van der Waals surface area contributed by atoms with Crippen molar-refractivity contribution in [2.24, 2.45) is 0 Å². The molecule has 0 radical (unpaired) electrons. The summed E-state index contributed by atoms with van der Waals surface area (Å²) in [5.41, 5.74) is -4.04. The lowest BCUT2D eigenvalue weighted by Gasteiger charge is -2.12. The summed E-state index contributed by atoms with van der Waals surface area (Å²) in [7, 11) is 0. The topological polar surface area (TPSA) is 84.0 Å². The second-order valence-corrected chi connectivity index (χ2v) is 3.90. The molecule has 0 aliphatic carbocycles. The van der Waals surface area contributed by atoms with Crippen LogP contribution in [0, 0.1) is 21.4 Å². The zero-order valence-electron chi connectivity index (χ0n) is 8.99. The number of nitro benzene ring substituents is 1. The Balaban J connectivity index is 3.74. The Morgan fingerprint density at radius 3 is 2.42 bits per heavy atom. The van der Waals surface area contributed by atoms with Gasteiger partial charge in [-0.1, -0.05) is 15.9 Å². The van der Waals surface area contributed by atoms with Gasteiger partial charge in [0.2, 0.25) is 0 Å². The number of Topliss-reactive ketones (excluding diaryl/α,β-unsaturated/α-hetero) is 1. The van der Waals surface area contributed by atoms with Crippen molar-refractivity contribution in [3.63, 3.8) is 0 Å². The fourth-order valence-corrected chi connectivity index (χ4v) is 1.72. The van der Waals surface area contributed by atoms with E-state index >= 15 is 0 Å². The van der Waals surface area contributed by atoms with Crippen LogP contribution in [0.15, 0.2) is 12.1 Å². The number of nitro groups is 1. The van der Waals surface area contributed by atoms with Crippen LogP contribution < -0.4 is 0 Å². The minimum absolute atomic E-state index is 0.442. The van der Waals surface area contributed by atoms with Crippen molar-refractivity contribution in [3.05, 3.63) is 38.9 Å². The molecule has 1 rings (SSSR count). The smallest absolute Gasteiger partial charge is 0.293 e. The molecular weight excluding hydrogens is 333 g/mol. The molecule has 19 heavy (non-hydrogen) atoms. The summed E-state index contributed by atoms with van der Waals surface area (Å²) in [5.74, 6) is -0.993. The molecule has 5 nitrogen and oxygen atoms in total. The predicted octanol–water partition coefficient (Wildman–Crippen LogP) is 3.06. The minimum Gasteiger partial charge on any atom is -0.293 e. The number of alkyl halides is 4. The van der Waals surface area contributed by atoms with Crippen LogP contribution in [0.1, 0.15) is 21.5 Å². The Bertz CT molecular complexity index is 593. The molecule has 0 saturated heterocycles. The molecule has 0 unspecified atom stereocenters. The predicted molar refractivity (Wildman–Crippen MR) is 60.9 cm³/mol. The normalized spacial score (nSPS) is 10.9. The van der Waals surface area contributed by atoms with Crippen molar-refractivity contribution >= 4 is 27.4 Å². The Morgan fingerprint density at radius 1 is 1.47 bits per heavy atom. The standard InChI is InChI=1S/C10H4BrF3N2O3/c11-3-8(17)7-2-6(16(18)19)1-5(4-15)9(7)10(12,13)14/h1-2H,3H2. The van der Waals surface area contributed by atoms with Crippen LogP contribution in [0.3, 0.4) is 0 Å². The van der Waals surface area contributed by atoms with Gasteiger partial charge < -0.3 is 0 Å². The molecule has 0 fully saturated rings. The number of carbonyl (C=O) groups is 1. The molecule has 0 spiro atoms. The second kappa shape index (κ2) is 5.36. The largest absolute Gasteiger partial charge is 0.418 e. The van der Waals surface area contributed by atoms with Crippen molar-refractivity contribution in [2.75, 3.05) is 5.33 Å². The lowest BCUT2D eigenvalue weighted by molar-refractivity contribution is -0.384. The molecule has 9 heteroatoms. The highest BCUT2D eigenvalue weighted by molar-refractivity contribution is 9.09. The van der Waals surface area contributed by atoms with Crippen molar-refractivity contribution in [1.29, 1.82) is 5.26 Å². The first-order chi connectivity index (χ1) is 8.72. The summed E-state index contributed by atoms with van der Waals surface area (Å²) >= 11 is 2.69. The van der Waals surface area contributed by atoms with E-state index in [-0.39, 0.29) is 0 Å². The molecule has 0 heterocycles. The Kier molecular flexibility index (Phi) is 4.26. The molecule has 1 aromatic rings. The average molecular weight is 337 g/mol. The third kappa shape index (κ3) is 3.08. The maximum absolute atomic E-state index is 12.8. The molecule has 1 aromatic carbocycles. The monoisotopic (exact) mass is 336 g/mol. The van der Waals surface area contributed by atoms with Crippen molar-refractivity contribution in [1.82, 2.24) is 0 Å². The van der Waals surface area contributed by atoms with E-state index in [1.165, 1.54) is 6.07 Å². The third-order valence-corrected chi connectivity index (χ3v) is 2.67. The van der Waals surface area contributed by atoms with Crippen LogP contribution in [0.2, 0.25) is 0 Å². The first-order valence-electron chi connectivity index (χ1n) is 4.61. The summed E-state index contributed by atoms with van der Waals surface area (Å²) in [6.45, 7) is 0. The molecule has 100 valence electrons. The van der Waals surface area contributed by atoms with Crippen LogP contribution in [0.4, 0.5) is 18.9 Å². The molecule has 0 bridgehead atoms. The van der Waals surface area contributed by atoms with E-state index in [1.807, 2.05) is 0 Å². The van der Waals surface area contributed by atoms with Gasteiger partial charge in [0.1, 0.15) is 6.07 Å². The molecule has 0 atom stereocenters. The van der Waals surface area contributed by atoms with Gasteiger partial charge in [0, 0.05) is 17.7 Å². The number of halogens is 4. The number of nitrogens with zero attached hydrogens (tertiary/aromatic N) is 2. The molecule has 0 amide bonds. The highest BCUT2D eigenvalue weighted by Gasteiger charge is 2.39. The second-order valence-electron chi connectivity index (χ2n) is 3.34.